The molecule has 3 amide bonds. The van der Waals surface area contributed by atoms with Gasteiger partial charge in [-0.15, -0.1) is 11.8 Å². The molecule has 0 saturated carbocycles. The molecule has 2 aliphatic rings. The van der Waals surface area contributed by atoms with E-state index in [0.29, 0.717) is 18.6 Å². The summed E-state index contributed by atoms with van der Waals surface area (Å²) in [6.07, 6.45) is 0.0793. The predicted molar refractivity (Wildman–Crippen MR) is 96.6 cm³/mol. The lowest BCUT2D eigenvalue weighted by Crippen LogP contribution is -2.47. The molecule has 2 atom stereocenters. The van der Waals surface area contributed by atoms with Gasteiger partial charge in [0.05, 0.1) is 6.61 Å². The molecule has 144 valence electrons. The van der Waals surface area contributed by atoms with Crippen LogP contribution in [-0.2, 0) is 28.7 Å². The molecule has 8 nitrogen and oxygen atoms in total. The predicted octanol–water partition coefficient (Wildman–Crippen LogP) is 1.39. The molecule has 27 heavy (non-hydrogen) atoms. The molecule has 2 saturated heterocycles. The largest absolute Gasteiger partial charge is 0.454 e. The van der Waals surface area contributed by atoms with Crippen molar-refractivity contribution in [2.45, 2.75) is 30.7 Å². The minimum Gasteiger partial charge on any atom is -0.454 e. The van der Waals surface area contributed by atoms with Crippen molar-refractivity contribution in [3.8, 4) is 0 Å². The summed E-state index contributed by atoms with van der Waals surface area (Å²) in [5, 5.41) is 1.95. The molecule has 0 radical (unpaired) electrons. The summed E-state index contributed by atoms with van der Waals surface area (Å²) in [7, 11) is 0. The van der Waals surface area contributed by atoms with E-state index < -0.39 is 35.5 Å². The highest BCUT2D eigenvalue weighted by atomic mass is 32.2. The standard InChI is InChI=1S/C18H20N2O6S/c1-2-25-17(24)19-14(21)10-26-16(23)13-11-27-18(9-8-15(22)20(13)18)12-6-4-3-5-7-12/h3-7,13H,2,8-11H2,1H3,(H,19,21,24)/t13-,18-/m0/s1. The Morgan fingerprint density at radius 2 is 2.00 bits per heavy atom. The van der Waals surface area contributed by atoms with Gasteiger partial charge >= 0.3 is 12.1 Å². The molecule has 0 aliphatic carbocycles. The van der Waals surface area contributed by atoms with Gasteiger partial charge in [0.25, 0.3) is 5.91 Å². The summed E-state index contributed by atoms with van der Waals surface area (Å²) in [5.74, 6) is -1.16. The molecule has 0 aromatic heterocycles. The number of ether oxygens (including phenoxy) is 2. The third-order valence-corrected chi connectivity index (χ3v) is 6.08. The first-order valence-electron chi connectivity index (χ1n) is 8.63. The third kappa shape index (κ3) is 3.78. The lowest BCUT2D eigenvalue weighted by atomic mass is 10.0. The van der Waals surface area contributed by atoms with Gasteiger partial charge in [-0.05, 0) is 18.9 Å². The zero-order valence-electron chi connectivity index (χ0n) is 14.8. The number of nitrogens with zero attached hydrogens (tertiary/aromatic N) is 1. The highest BCUT2D eigenvalue weighted by Gasteiger charge is 2.57. The van der Waals surface area contributed by atoms with Crippen LogP contribution in [0.1, 0.15) is 25.3 Å². The Morgan fingerprint density at radius 1 is 1.26 bits per heavy atom. The fraction of sp³-hybridized carbons (Fsp3) is 0.444. The number of fused-ring (bicyclic) bond motifs is 1. The molecule has 2 aliphatic heterocycles. The smallest absolute Gasteiger partial charge is 0.413 e. The molecule has 0 unspecified atom stereocenters. The number of nitrogens with one attached hydrogen (secondary N) is 1. The first-order chi connectivity index (χ1) is 13.0. The van der Waals surface area contributed by atoms with E-state index in [4.69, 9.17) is 4.74 Å². The highest BCUT2D eigenvalue weighted by molar-refractivity contribution is 8.00. The van der Waals surface area contributed by atoms with Gasteiger partial charge in [0.15, 0.2) is 6.61 Å². The van der Waals surface area contributed by atoms with E-state index in [1.165, 1.54) is 11.8 Å². The molecule has 3 rings (SSSR count). The first kappa shape index (κ1) is 19.2. The lowest BCUT2D eigenvalue weighted by molar-refractivity contribution is -0.156. The van der Waals surface area contributed by atoms with Crippen molar-refractivity contribution in [3.63, 3.8) is 0 Å². The monoisotopic (exact) mass is 392 g/mol. The van der Waals surface area contributed by atoms with E-state index in [9.17, 15) is 19.2 Å². The molecule has 1 aromatic carbocycles. The van der Waals surface area contributed by atoms with Gasteiger partial charge in [-0.3, -0.25) is 14.9 Å². The number of carbonyl (C=O) groups excluding carboxylic acids is 4. The fourth-order valence-corrected chi connectivity index (χ4v) is 5.00. The highest BCUT2D eigenvalue weighted by Crippen LogP contribution is 2.54. The van der Waals surface area contributed by atoms with Gasteiger partial charge in [-0.25, -0.2) is 9.59 Å². The lowest BCUT2D eigenvalue weighted by Gasteiger charge is -2.33. The average molecular weight is 392 g/mol. The van der Waals surface area contributed by atoms with Gasteiger partial charge in [0.2, 0.25) is 5.91 Å². The summed E-state index contributed by atoms with van der Waals surface area (Å²) < 4.78 is 9.62. The van der Waals surface area contributed by atoms with E-state index in [1.54, 1.807) is 11.8 Å². The molecule has 2 heterocycles. The van der Waals surface area contributed by atoms with Gasteiger partial charge in [-0.2, -0.15) is 0 Å². The van der Waals surface area contributed by atoms with Gasteiger partial charge in [-0.1, -0.05) is 30.3 Å². The molecule has 2 fully saturated rings. The van der Waals surface area contributed by atoms with E-state index >= 15 is 0 Å². The quantitative estimate of drug-likeness (QED) is 0.756. The van der Waals surface area contributed by atoms with Crippen molar-refractivity contribution in [3.05, 3.63) is 35.9 Å². The van der Waals surface area contributed by atoms with Crippen molar-refractivity contribution in [2.24, 2.45) is 0 Å². The zero-order valence-corrected chi connectivity index (χ0v) is 15.6. The fourth-order valence-electron chi connectivity index (χ4n) is 3.37. The van der Waals surface area contributed by atoms with Crippen LogP contribution < -0.4 is 5.32 Å². The summed E-state index contributed by atoms with van der Waals surface area (Å²) >= 11 is 1.53. The molecule has 0 spiro atoms. The van der Waals surface area contributed by atoms with Crippen LogP contribution >= 0.6 is 11.8 Å². The maximum atomic E-state index is 12.5. The van der Waals surface area contributed by atoms with Crippen LogP contribution in [0.25, 0.3) is 0 Å². The van der Waals surface area contributed by atoms with Gasteiger partial charge in [0, 0.05) is 12.2 Å². The average Bonchev–Trinajstić information content (AvgIpc) is 3.20. The van der Waals surface area contributed by atoms with E-state index in [0.717, 1.165) is 5.56 Å². The van der Waals surface area contributed by atoms with Crippen LogP contribution in [0.5, 0.6) is 0 Å². The first-order valence-corrected chi connectivity index (χ1v) is 9.61. The van der Waals surface area contributed by atoms with Gasteiger partial charge < -0.3 is 14.4 Å². The van der Waals surface area contributed by atoms with Crippen molar-refractivity contribution in [1.82, 2.24) is 10.2 Å². The normalized spacial score (nSPS) is 23.7. The third-order valence-electron chi connectivity index (χ3n) is 4.49. The van der Waals surface area contributed by atoms with Crippen molar-refractivity contribution >= 4 is 35.6 Å². The van der Waals surface area contributed by atoms with Crippen LogP contribution in [0.2, 0.25) is 0 Å². The maximum Gasteiger partial charge on any atom is 0.413 e. The van der Waals surface area contributed by atoms with Crippen LogP contribution in [0.4, 0.5) is 4.79 Å². The van der Waals surface area contributed by atoms with Gasteiger partial charge in [0.1, 0.15) is 10.9 Å². The molecular formula is C18H20N2O6S. The van der Waals surface area contributed by atoms with Crippen molar-refractivity contribution in [2.75, 3.05) is 19.0 Å². The number of imide groups is 1. The summed E-state index contributed by atoms with van der Waals surface area (Å²) in [6, 6.07) is 8.82. The number of rotatable bonds is 5. The molecule has 9 heteroatoms. The number of esters is 1. The Labute approximate surface area is 160 Å². The second kappa shape index (κ2) is 7.99. The number of amides is 3. The number of hydrogen-bond acceptors (Lipinski definition) is 7. The number of carbonyl (C=O) groups is 4. The van der Waals surface area contributed by atoms with Crippen molar-refractivity contribution < 1.29 is 28.7 Å². The van der Waals surface area contributed by atoms with Crippen molar-refractivity contribution in [1.29, 1.82) is 0 Å². The van der Waals surface area contributed by atoms with E-state index in [-0.39, 0.29) is 12.5 Å². The molecule has 1 aromatic rings. The van der Waals surface area contributed by atoms with E-state index in [1.807, 2.05) is 35.6 Å². The Bertz CT molecular complexity index is 755. The minimum absolute atomic E-state index is 0.109. The van der Waals surface area contributed by atoms with Crippen LogP contribution in [0.15, 0.2) is 30.3 Å². The number of thioether (sulfide) groups is 1. The molecular weight excluding hydrogens is 372 g/mol. The number of benzene rings is 1. The topological polar surface area (TPSA) is 102 Å². The second-order valence-corrected chi connectivity index (χ2v) is 7.41. The van der Waals surface area contributed by atoms with Crippen LogP contribution in [-0.4, -0.2) is 53.8 Å². The summed E-state index contributed by atoms with van der Waals surface area (Å²) in [6.45, 7) is 1.11. The Hall–Kier alpha value is -2.55. The van der Waals surface area contributed by atoms with E-state index in [2.05, 4.69) is 4.74 Å². The Kier molecular flexibility index (Phi) is 5.69. The number of hydrogen-bond donors (Lipinski definition) is 1. The Balaban J connectivity index is 1.65. The summed E-state index contributed by atoms with van der Waals surface area (Å²) in [5.41, 5.74) is 0.969. The minimum atomic E-state index is -0.896. The van der Waals surface area contributed by atoms with Crippen LogP contribution in [0.3, 0.4) is 0 Å². The maximum absolute atomic E-state index is 12.5. The zero-order chi connectivity index (χ0) is 19.4. The second-order valence-electron chi connectivity index (χ2n) is 6.12. The van der Waals surface area contributed by atoms with Crippen LogP contribution in [0, 0.1) is 0 Å². The molecule has 1 N–H and O–H groups in total. The molecule has 0 bridgehead atoms. The Morgan fingerprint density at radius 3 is 2.70 bits per heavy atom. The number of alkyl carbamates (subject to hydrolysis) is 1. The SMILES string of the molecule is CCOC(=O)NC(=O)COC(=O)[C@@H]1CS[C@]2(c3ccccc3)CCC(=O)N12. The summed E-state index contributed by atoms with van der Waals surface area (Å²) in [4.78, 5) is 48.8.